The lowest BCUT2D eigenvalue weighted by molar-refractivity contribution is -0.137. The molecule has 0 radical (unpaired) electrons. The monoisotopic (exact) mass is 492 g/mol. The van der Waals surface area contributed by atoms with Gasteiger partial charge in [0.05, 0.1) is 12.2 Å². The minimum atomic E-state index is -0.434. The van der Waals surface area contributed by atoms with Crippen molar-refractivity contribution in [3.05, 3.63) is 65.2 Å². The van der Waals surface area contributed by atoms with Crippen LogP contribution >= 0.6 is 0 Å². The summed E-state index contributed by atoms with van der Waals surface area (Å²) in [5, 5.41) is 0. The number of carbonyl (C=O) groups excluding carboxylic acids is 2. The third-order valence-corrected chi connectivity index (χ3v) is 6.76. The Morgan fingerprint density at radius 2 is 1.64 bits per heavy atom. The molecule has 0 aliphatic heterocycles. The molecule has 1 aliphatic rings. The van der Waals surface area contributed by atoms with Crippen LogP contribution < -0.4 is 11.5 Å². The molecule has 0 heterocycles. The second-order valence-corrected chi connectivity index (χ2v) is 9.78. The zero-order valence-electron chi connectivity index (χ0n) is 21.4. The van der Waals surface area contributed by atoms with Crippen molar-refractivity contribution in [1.82, 2.24) is 0 Å². The van der Waals surface area contributed by atoms with E-state index in [1.165, 1.54) is 38.2 Å². The van der Waals surface area contributed by atoms with Crippen LogP contribution in [-0.2, 0) is 20.7 Å². The fraction of sp³-hybridized carbons (Fsp3) is 0.467. The first-order valence-corrected chi connectivity index (χ1v) is 13.2. The molecular formula is C30H40N2O4. The number of nitrogens with two attached hydrogens (primary N) is 2. The van der Waals surface area contributed by atoms with Crippen LogP contribution in [0.2, 0.25) is 0 Å². The van der Waals surface area contributed by atoms with Crippen LogP contribution in [0.4, 0.5) is 11.4 Å². The molecule has 1 saturated carbocycles. The van der Waals surface area contributed by atoms with Crippen molar-refractivity contribution in [1.29, 1.82) is 0 Å². The summed E-state index contributed by atoms with van der Waals surface area (Å²) in [7, 11) is 0. The van der Waals surface area contributed by atoms with Crippen molar-refractivity contribution in [3.8, 4) is 0 Å². The molecule has 1 fully saturated rings. The predicted octanol–water partition coefficient (Wildman–Crippen LogP) is 6.34. The molecule has 3 rings (SSSR count). The van der Waals surface area contributed by atoms with Gasteiger partial charge in [0.25, 0.3) is 0 Å². The van der Waals surface area contributed by atoms with E-state index in [0.29, 0.717) is 23.4 Å². The first kappa shape index (κ1) is 27.3. The van der Waals surface area contributed by atoms with Crippen LogP contribution in [0.25, 0.3) is 6.08 Å². The molecule has 0 saturated heterocycles. The average molecular weight is 493 g/mol. The van der Waals surface area contributed by atoms with Crippen LogP contribution in [0.3, 0.4) is 0 Å². The van der Waals surface area contributed by atoms with Crippen LogP contribution in [0.5, 0.6) is 0 Å². The number of nitrogen functional groups attached to an aromatic ring is 2. The minimum absolute atomic E-state index is 0.0162. The molecule has 0 bridgehead atoms. The third-order valence-electron chi connectivity index (χ3n) is 6.76. The SMILES string of the molecule is CCCCCCC1CCC(OC(=O)c2ccc(/C=C/C(=O)OCCc3cc(N)cc(N)c3)cc2)CC1. The third kappa shape index (κ3) is 9.40. The molecular weight excluding hydrogens is 452 g/mol. The lowest BCUT2D eigenvalue weighted by atomic mass is 9.84. The van der Waals surface area contributed by atoms with Crippen molar-refractivity contribution in [2.45, 2.75) is 77.2 Å². The van der Waals surface area contributed by atoms with Crippen molar-refractivity contribution in [2.75, 3.05) is 18.1 Å². The summed E-state index contributed by atoms with van der Waals surface area (Å²) in [6.07, 6.45) is 14.4. The topological polar surface area (TPSA) is 105 Å². The molecule has 0 atom stereocenters. The van der Waals surface area contributed by atoms with Gasteiger partial charge in [-0.05, 0) is 79.1 Å². The lowest BCUT2D eigenvalue weighted by Gasteiger charge is -2.28. The molecule has 36 heavy (non-hydrogen) atoms. The van der Waals surface area contributed by atoms with E-state index >= 15 is 0 Å². The Morgan fingerprint density at radius 1 is 0.944 bits per heavy atom. The molecule has 2 aromatic rings. The number of hydrogen-bond acceptors (Lipinski definition) is 6. The Bertz CT molecular complexity index is 988. The molecule has 194 valence electrons. The van der Waals surface area contributed by atoms with Gasteiger partial charge in [0.15, 0.2) is 0 Å². The normalized spacial score (nSPS) is 17.7. The van der Waals surface area contributed by atoms with E-state index in [2.05, 4.69) is 6.92 Å². The second-order valence-electron chi connectivity index (χ2n) is 9.78. The number of esters is 2. The molecule has 0 spiro atoms. The molecule has 6 heteroatoms. The first-order chi connectivity index (χ1) is 17.4. The van der Waals surface area contributed by atoms with Crippen LogP contribution in [-0.4, -0.2) is 24.6 Å². The van der Waals surface area contributed by atoms with E-state index in [1.54, 1.807) is 36.4 Å². The summed E-state index contributed by atoms with van der Waals surface area (Å²) >= 11 is 0. The van der Waals surface area contributed by atoms with E-state index in [4.69, 9.17) is 20.9 Å². The van der Waals surface area contributed by atoms with Gasteiger partial charge in [-0.25, -0.2) is 9.59 Å². The lowest BCUT2D eigenvalue weighted by Crippen LogP contribution is -2.24. The fourth-order valence-electron chi connectivity index (χ4n) is 4.72. The highest BCUT2D eigenvalue weighted by Gasteiger charge is 2.24. The Labute approximate surface area is 215 Å². The van der Waals surface area contributed by atoms with E-state index in [9.17, 15) is 9.59 Å². The van der Waals surface area contributed by atoms with Gasteiger partial charge in [0.1, 0.15) is 6.10 Å². The Morgan fingerprint density at radius 3 is 2.31 bits per heavy atom. The van der Waals surface area contributed by atoms with E-state index in [-0.39, 0.29) is 18.7 Å². The predicted molar refractivity (Wildman–Crippen MR) is 145 cm³/mol. The van der Waals surface area contributed by atoms with Gasteiger partial charge in [0.2, 0.25) is 0 Å². The number of ether oxygens (including phenoxy) is 2. The smallest absolute Gasteiger partial charge is 0.338 e. The van der Waals surface area contributed by atoms with E-state index in [1.807, 2.05) is 12.1 Å². The van der Waals surface area contributed by atoms with Gasteiger partial charge in [-0.2, -0.15) is 0 Å². The zero-order chi connectivity index (χ0) is 25.8. The molecule has 0 unspecified atom stereocenters. The van der Waals surface area contributed by atoms with Gasteiger partial charge < -0.3 is 20.9 Å². The summed E-state index contributed by atoms with van der Waals surface area (Å²) in [6, 6.07) is 12.4. The molecule has 0 amide bonds. The molecule has 2 aromatic carbocycles. The molecule has 1 aliphatic carbocycles. The summed E-state index contributed by atoms with van der Waals surface area (Å²) in [4.78, 5) is 24.6. The van der Waals surface area contributed by atoms with E-state index < -0.39 is 5.97 Å². The second kappa shape index (κ2) is 14.3. The van der Waals surface area contributed by atoms with Gasteiger partial charge in [-0.3, -0.25) is 0 Å². The van der Waals surface area contributed by atoms with Crippen molar-refractivity contribution in [3.63, 3.8) is 0 Å². The summed E-state index contributed by atoms with van der Waals surface area (Å²) in [5.74, 6) is 0.0698. The number of anilines is 2. The first-order valence-electron chi connectivity index (χ1n) is 13.2. The molecule has 6 nitrogen and oxygen atoms in total. The van der Waals surface area contributed by atoms with Gasteiger partial charge in [-0.15, -0.1) is 0 Å². The molecule has 4 N–H and O–H groups in total. The Balaban J connectivity index is 1.37. The maximum absolute atomic E-state index is 12.6. The highest BCUT2D eigenvalue weighted by molar-refractivity contribution is 5.90. The van der Waals surface area contributed by atoms with Crippen LogP contribution in [0.15, 0.2) is 48.5 Å². The highest BCUT2D eigenvalue weighted by atomic mass is 16.5. The average Bonchev–Trinajstić information content (AvgIpc) is 2.86. The maximum atomic E-state index is 12.6. The zero-order valence-corrected chi connectivity index (χ0v) is 21.4. The minimum Gasteiger partial charge on any atom is -0.462 e. The molecule has 0 aromatic heterocycles. The summed E-state index contributed by atoms with van der Waals surface area (Å²) in [6.45, 7) is 2.47. The van der Waals surface area contributed by atoms with Crippen molar-refractivity contribution in [2.24, 2.45) is 5.92 Å². The highest BCUT2D eigenvalue weighted by Crippen LogP contribution is 2.30. The number of benzene rings is 2. The quantitative estimate of drug-likeness (QED) is 0.155. The number of carbonyl (C=O) groups is 2. The number of unbranched alkanes of at least 4 members (excludes halogenated alkanes) is 3. The van der Waals surface area contributed by atoms with Crippen LogP contribution in [0, 0.1) is 5.92 Å². The van der Waals surface area contributed by atoms with Gasteiger partial charge in [-0.1, -0.05) is 51.2 Å². The van der Waals surface area contributed by atoms with Gasteiger partial charge in [0, 0.05) is 23.9 Å². The van der Waals surface area contributed by atoms with Crippen LogP contribution in [0.1, 0.15) is 86.2 Å². The number of rotatable bonds is 12. The Hall–Kier alpha value is -3.28. The van der Waals surface area contributed by atoms with Crippen molar-refractivity contribution >= 4 is 29.4 Å². The summed E-state index contributed by atoms with van der Waals surface area (Å²) < 4.78 is 11.0. The number of hydrogen-bond donors (Lipinski definition) is 2. The standard InChI is InChI=1S/C30H40N2O4/c1-2-3-4-5-6-22-9-14-28(15-10-22)36-30(34)25-12-7-23(8-13-25)11-16-29(33)35-18-17-24-19-26(31)21-27(32)20-24/h7-8,11-13,16,19-22,28H,2-6,9-10,14-15,17-18,31-32H2,1H3/b16-11+. The maximum Gasteiger partial charge on any atom is 0.338 e. The fourth-order valence-corrected chi connectivity index (χ4v) is 4.72. The van der Waals surface area contributed by atoms with Crippen molar-refractivity contribution < 1.29 is 19.1 Å². The van der Waals surface area contributed by atoms with E-state index in [0.717, 1.165) is 42.7 Å². The largest absolute Gasteiger partial charge is 0.462 e. The van der Waals surface area contributed by atoms with Gasteiger partial charge >= 0.3 is 11.9 Å². The Kier molecular flexibility index (Phi) is 10.9. The summed E-state index contributed by atoms with van der Waals surface area (Å²) in [5.41, 5.74) is 15.0.